The van der Waals surface area contributed by atoms with Gasteiger partial charge in [0.05, 0.1) is 0 Å². The molecule has 0 radical (unpaired) electrons. The summed E-state index contributed by atoms with van der Waals surface area (Å²) in [5.74, 6) is 2.77. The Hall–Kier alpha value is -0.770. The molecule has 2 aliphatic heterocycles. The molecule has 2 aliphatic rings. The van der Waals surface area contributed by atoms with E-state index in [-0.39, 0.29) is 0 Å². The van der Waals surface area contributed by atoms with E-state index in [9.17, 15) is 0 Å². The Labute approximate surface area is 124 Å². The van der Waals surface area contributed by atoms with Crippen LogP contribution in [-0.4, -0.2) is 62.1 Å². The Kier molecular flexibility index (Phi) is 6.14. The van der Waals surface area contributed by atoms with Crippen molar-refractivity contribution in [3.05, 3.63) is 0 Å². The number of piperidine rings is 2. The van der Waals surface area contributed by atoms with Gasteiger partial charge in [-0.1, -0.05) is 13.8 Å². The van der Waals surface area contributed by atoms with Crippen molar-refractivity contribution in [2.24, 2.45) is 16.8 Å². The van der Waals surface area contributed by atoms with Crippen molar-refractivity contribution in [3.8, 4) is 0 Å². The van der Waals surface area contributed by atoms with Gasteiger partial charge in [-0.3, -0.25) is 4.99 Å². The fourth-order valence-electron chi connectivity index (χ4n) is 3.39. The van der Waals surface area contributed by atoms with E-state index in [0.717, 1.165) is 37.4 Å². The Morgan fingerprint density at radius 3 is 2.60 bits per heavy atom. The Bertz CT molecular complexity index is 308. The average Bonchev–Trinajstić information content (AvgIpc) is 2.50. The first-order valence-corrected chi connectivity index (χ1v) is 8.40. The van der Waals surface area contributed by atoms with E-state index < -0.39 is 0 Å². The third-order valence-corrected chi connectivity index (χ3v) is 4.89. The second kappa shape index (κ2) is 7.87. The van der Waals surface area contributed by atoms with E-state index in [4.69, 9.17) is 0 Å². The SMILES string of the molecule is CCN1CCCC(CNC(=NC)N2CCC(C)CC2)C1. The third kappa shape index (κ3) is 4.37. The van der Waals surface area contributed by atoms with Crippen LogP contribution in [-0.2, 0) is 0 Å². The van der Waals surface area contributed by atoms with Crippen molar-refractivity contribution in [2.75, 3.05) is 46.3 Å². The molecule has 0 aliphatic carbocycles. The molecule has 0 amide bonds. The van der Waals surface area contributed by atoms with Crippen LogP contribution in [0, 0.1) is 11.8 Å². The Balaban J connectivity index is 1.76. The summed E-state index contributed by atoms with van der Waals surface area (Å²) in [4.78, 5) is 9.48. The van der Waals surface area contributed by atoms with E-state index >= 15 is 0 Å². The molecule has 0 aromatic rings. The van der Waals surface area contributed by atoms with Crippen molar-refractivity contribution in [1.29, 1.82) is 0 Å². The molecule has 0 bridgehead atoms. The number of hydrogen-bond acceptors (Lipinski definition) is 2. The summed E-state index contributed by atoms with van der Waals surface area (Å²) in [5.41, 5.74) is 0. The van der Waals surface area contributed by atoms with Crippen LogP contribution in [0.15, 0.2) is 4.99 Å². The van der Waals surface area contributed by atoms with Gasteiger partial charge in [0.15, 0.2) is 5.96 Å². The van der Waals surface area contributed by atoms with Gasteiger partial charge in [0.25, 0.3) is 0 Å². The molecular formula is C16H32N4. The van der Waals surface area contributed by atoms with Crippen molar-refractivity contribution in [2.45, 2.75) is 39.5 Å². The van der Waals surface area contributed by atoms with Gasteiger partial charge < -0.3 is 15.1 Å². The van der Waals surface area contributed by atoms with E-state index in [0.29, 0.717) is 0 Å². The summed E-state index contributed by atoms with van der Waals surface area (Å²) in [7, 11) is 1.92. The monoisotopic (exact) mass is 280 g/mol. The largest absolute Gasteiger partial charge is 0.356 e. The fraction of sp³-hybridized carbons (Fsp3) is 0.938. The van der Waals surface area contributed by atoms with Crippen LogP contribution < -0.4 is 5.32 Å². The topological polar surface area (TPSA) is 30.9 Å². The molecule has 1 unspecified atom stereocenters. The summed E-state index contributed by atoms with van der Waals surface area (Å²) in [5, 5.41) is 3.62. The summed E-state index contributed by atoms with van der Waals surface area (Å²) in [6, 6.07) is 0. The maximum Gasteiger partial charge on any atom is 0.193 e. The van der Waals surface area contributed by atoms with Crippen LogP contribution in [0.25, 0.3) is 0 Å². The van der Waals surface area contributed by atoms with Crippen LogP contribution in [0.5, 0.6) is 0 Å². The van der Waals surface area contributed by atoms with Crippen LogP contribution in [0.3, 0.4) is 0 Å². The number of nitrogens with zero attached hydrogens (tertiary/aromatic N) is 3. The zero-order valence-electron chi connectivity index (χ0n) is 13.6. The number of aliphatic imine (C=N–C) groups is 1. The molecule has 0 aromatic heterocycles. The number of likely N-dealkylation sites (tertiary alicyclic amines) is 2. The molecule has 0 saturated carbocycles. The van der Waals surface area contributed by atoms with Crippen LogP contribution in [0.2, 0.25) is 0 Å². The number of nitrogens with one attached hydrogen (secondary N) is 1. The highest BCUT2D eigenvalue weighted by molar-refractivity contribution is 5.79. The van der Waals surface area contributed by atoms with Crippen LogP contribution in [0.1, 0.15) is 39.5 Å². The molecule has 4 nitrogen and oxygen atoms in total. The van der Waals surface area contributed by atoms with E-state index in [2.05, 4.69) is 34.0 Å². The smallest absolute Gasteiger partial charge is 0.193 e. The first kappa shape index (κ1) is 15.6. The maximum atomic E-state index is 4.48. The molecule has 2 saturated heterocycles. The number of hydrogen-bond donors (Lipinski definition) is 1. The van der Waals surface area contributed by atoms with Gasteiger partial charge in [0, 0.05) is 33.2 Å². The van der Waals surface area contributed by atoms with Gasteiger partial charge in [-0.25, -0.2) is 0 Å². The molecule has 2 fully saturated rings. The predicted molar refractivity (Wildman–Crippen MR) is 86.2 cm³/mol. The minimum absolute atomic E-state index is 0.782. The van der Waals surface area contributed by atoms with E-state index in [1.54, 1.807) is 0 Å². The summed E-state index contributed by atoms with van der Waals surface area (Å²) in [6.45, 7) is 11.7. The van der Waals surface area contributed by atoms with Crippen LogP contribution in [0.4, 0.5) is 0 Å². The predicted octanol–water partition coefficient (Wildman–Crippen LogP) is 2.03. The van der Waals surface area contributed by atoms with Crippen molar-refractivity contribution in [1.82, 2.24) is 15.1 Å². The van der Waals surface area contributed by atoms with Crippen LogP contribution >= 0.6 is 0 Å². The first-order chi connectivity index (χ1) is 9.72. The zero-order chi connectivity index (χ0) is 14.4. The lowest BCUT2D eigenvalue weighted by Crippen LogP contribution is -2.48. The molecular weight excluding hydrogens is 248 g/mol. The summed E-state index contributed by atoms with van der Waals surface area (Å²) < 4.78 is 0. The third-order valence-electron chi connectivity index (χ3n) is 4.89. The minimum Gasteiger partial charge on any atom is -0.356 e. The molecule has 20 heavy (non-hydrogen) atoms. The van der Waals surface area contributed by atoms with Gasteiger partial charge in [-0.05, 0) is 50.6 Å². The number of rotatable bonds is 3. The Morgan fingerprint density at radius 2 is 1.95 bits per heavy atom. The molecule has 2 rings (SSSR count). The van der Waals surface area contributed by atoms with Gasteiger partial charge in [-0.2, -0.15) is 0 Å². The van der Waals surface area contributed by atoms with E-state index in [1.807, 2.05) is 7.05 Å². The summed E-state index contributed by atoms with van der Waals surface area (Å²) >= 11 is 0. The standard InChI is InChI=1S/C16H32N4/c1-4-19-9-5-6-15(13-19)12-18-16(17-3)20-10-7-14(2)8-11-20/h14-15H,4-13H2,1-3H3,(H,17,18). The molecule has 0 aromatic carbocycles. The van der Waals surface area contributed by atoms with Gasteiger partial charge in [-0.15, -0.1) is 0 Å². The second-order valence-electron chi connectivity index (χ2n) is 6.50. The summed E-state index contributed by atoms with van der Waals surface area (Å²) in [6.07, 6.45) is 5.30. The van der Waals surface area contributed by atoms with Crippen molar-refractivity contribution >= 4 is 5.96 Å². The Morgan fingerprint density at radius 1 is 1.20 bits per heavy atom. The lowest BCUT2D eigenvalue weighted by Gasteiger charge is -2.35. The normalized spacial score (nSPS) is 26.9. The zero-order valence-corrected chi connectivity index (χ0v) is 13.6. The van der Waals surface area contributed by atoms with Crippen molar-refractivity contribution < 1.29 is 0 Å². The minimum atomic E-state index is 0.782. The quantitative estimate of drug-likeness (QED) is 0.634. The molecule has 1 N–H and O–H groups in total. The van der Waals surface area contributed by atoms with Gasteiger partial charge in [0.2, 0.25) is 0 Å². The average molecular weight is 280 g/mol. The molecule has 1 atom stereocenters. The maximum absolute atomic E-state index is 4.48. The first-order valence-electron chi connectivity index (χ1n) is 8.40. The molecule has 116 valence electrons. The van der Waals surface area contributed by atoms with Crippen molar-refractivity contribution in [3.63, 3.8) is 0 Å². The second-order valence-corrected chi connectivity index (χ2v) is 6.50. The molecule has 0 spiro atoms. The highest BCUT2D eigenvalue weighted by Gasteiger charge is 2.21. The lowest BCUT2D eigenvalue weighted by atomic mass is 9.98. The highest BCUT2D eigenvalue weighted by atomic mass is 15.3. The fourth-order valence-corrected chi connectivity index (χ4v) is 3.39. The molecule has 2 heterocycles. The molecule has 4 heteroatoms. The van der Waals surface area contributed by atoms with Gasteiger partial charge in [0.1, 0.15) is 0 Å². The van der Waals surface area contributed by atoms with Gasteiger partial charge >= 0.3 is 0 Å². The highest BCUT2D eigenvalue weighted by Crippen LogP contribution is 2.17. The number of guanidine groups is 1. The van der Waals surface area contributed by atoms with E-state index in [1.165, 1.54) is 45.3 Å². The lowest BCUT2D eigenvalue weighted by molar-refractivity contribution is 0.182.